The van der Waals surface area contributed by atoms with Gasteiger partial charge in [0, 0.05) is 16.3 Å². The first-order valence-electron chi connectivity index (χ1n) is 5.16. The minimum atomic E-state index is -0.0911. The summed E-state index contributed by atoms with van der Waals surface area (Å²) in [6.07, 6.45) is 0. The van der Waals surface area contributed by atoms with Crippen molar-refractivity contribution in [3.8, 4) is 11.3 Å². The van der Waals surface area contributed by atoms with E-state index in [0.717, 1.165) is 22.8 Å². The largest absolute Gasteiger partial charge is 0.344 e. The summed E-state index contributed by atoms with van der Waals surface area (Å²) in [6.45, 7) is 3.88. The summed E-state index contributed by atoms with van der Waals surface area (Å²) in [7, 11) is 0. The lowest BCUT2D eigenvalue weighted by Crippen LogP contribution is -2.06. The molecular weight excluding hydrogens is 222 g/mol. The van der Waals surface area contributed by atoms with Gasteiger partial charge in [-0.3, -0.25) is 0 Å². The van der Waals surface area contributed by atoms with Gasteiger partial charge in [-0.05, 0) is 26.0 Å². The molecule has 0 radical (unpaired) electrons. The van der Waals surface area contributed by atoms with Crippen LogP contribution in [0.4, 0.5) is 0 Å². The molecule has 1 aromatic heterocycles. The highest BCUT2D eigenvalue weighted by Crippen LogP contribution is 2.24. The summed E-state index contributed by atoms with van der Waals surface area (Å²) >= 11 is 5.95. The zero-order valence-corrected chi connectivity index (χ0v) is 10.0. The van der Waals surface area contributed by atoms with E-state index in [2.05, 4.69) is 9.97 Å². The second-order valence-corrected chi connectivity index (χ2v) is 4.33. The van der Waals surface area contributed by atoms with E-state index in [4.69, 9.17) is 17.3 Å². The summed E-state index contributed by atoms with van der Waals surface area (Å²) in [4.78, 5) is 7.66. The van der Waals surface area contributed by atoms with E-state index in [0.29, 0.717) is 5.02 Å². The topological polar surface area (TPSA) is 54.7 Å². The predicted molar refractivity (Wildman–Crippen MR) is 66.4 cm³/mol. The average molecular weight is 236 g/mol. The van der Waals surface area contributed by atoms with Crippen LogP contribution in [-0.2, 0) is 0 Å². The van der Waals surface area contributed by atoms with Gasteiger partial charge in [-0.1, -0.05) is 23.7 Å². The van der Waals surface area contributed by atoms with Crippen LogP contribution in [0, 0.1) is 6.92 Å². The highest BCUT2D eigenvalue weighted by Gasteiger charge is 2.11. The predicted octanol–water partition coefficient (Wildman–Crippen LogP) is 3.06. The molecule has 0 saturated carbocycles. The molecule has 0 saturated heterocycles. The Morgan fingerprint density at radius 2 is 2.19 bits per heavy atom. The SMILES string of the molecule is Cc1[nH]c(C(C)N)nc1-c1cccc(Cl)c1. The third-order valence-electron chi connectivity index (χ3n) is 2.43. The van der Waals surface area contributed by atoms with Gasteiger partial charge in [0.15, 0.2) is 0 Å². The molecule has 3 nitrogen and oxygen atoms in total. The van der Waals surface area contributed by atoms with Crippen LogP contribution < -0.4 is 5.73 Å². The first-order valence-corrected chi connectivity index (χ1v) is 5.53. The number of benzene rings is 1. The molecule has 3 N–H and O–H groups in total. The number of nitrogens with one attached hydrogen (secondary N) is 1. The lowest BCUT2D eigenvalue weighted by atomic mass is 10.1. The van der Waals surface area contributed by atoms with Crippen molar-refractivity contribution in [1.29, 1.82) is 0 Å². The van der Waals surface area contributed by atoms with Gasteiger partial charge in [-0.15, -0.1) is 0 Å². The maximum atomic E-state index is 5.95. The highest BCUT2D eigenvalue weighted by molar-refractivity contribution is 6.30. The monoisotopic (exact) mass is 235 g/mol. The molecule has 0 bridgehead atoms. The number of aromatic nitrogens is 2. The molecule has 0 aliphatic rings. The lowest BCUT2D eigenvalue weighted by molar-refractivity contribution is 0.754. The molecule has 0 amide bonds. The fourth-order valence-corrected chi connectivity index (χ4v) is 1.81. The smallest absolute Gasteiger partial charge is 0.123 e. The number of hydrogen-bond donors (Lipinski definition) is 2. The maximum absolute atomic E-state index is 5.95. The molecule has 1 atom stereocenters. The van der Waals surface area contributed by atoms with Crippen LogP contribution in [-0.4, -0.2) is 9.97 Å². The number of H-pyrrole nitrogens is 1. The number of halogens is 1. The molecule has 1 heterocycles. The van der Waals surface area contributed by atoms with Gasteiger partial charge >= 0.3 is 0 Å². The number of rotatable bonds is 2. The number of nitrogens with two attached hydrogens (primary N) is 1. The summed E-state index contributed by atoms with van der Waals surface area (Å²) in [5.41, 5.74) is 8.71. The molecule has 0 aliphatic heterocycles. The maximum Gasteiger partial charge on any atom is 0.123 e. The molecule has 16 heavy (non-hydrogen) atoms. The number of hydrogen-bond acceptors (Lipinski definition) is 2. The van der Waals surface area contributed by atoms with Crippen molar-refractivity contribution < 1.29 is 0 Å². The molecule has 0 spiro atoms. The Morgan fingerprint density at radius 1 is 1.44 bits per heavy atom. The second-order valence-electron chi connectivity index (χ2n) is 3.89. The van der Waals surface area contributed by atoms with E-state index in [1.165, 1.54) is 0 Å². The van der Waals surface area contributed by atoms with Crippen LogP contribution in [0.1, 0.15) is 24.5 Å². The average Bonchev–Trinajstić information content (AvgIpc) is 2.60. The van der Waals surface area contributed by atoms with Gasteiger partial charge in [0.1, 0.15) is 5.82 Å². The van der Waals surface area contributed by atoms with Crippen molar-refractivity contribution >= 4 is 11.6 Å². The Hall–Kier alpha value is -1.32. The van der Waals surface area contributed by atoms with Crippen LogP contribution >= 0.6 is 11.6 Å². The first-order chi connectivity index (χ1) is 7.58. The van der Waals surface area contributed by atoms with E-state index in [1.54, 1.807) is 0 Å². The van der Waals surface area contributed by atoms with Crippen LogP contribution in [0.3, 0.4) is 0 Å². The first kappa shape index (κ1) is 11.2. The van der Waals surface area contributed by atoms with Crippen molar-refractivity contribution in [3.05, 3.63) is 40.8 Å². The van der Waals surface area contributed by atoms with E-state index in [9.17, 15) is 0 Å². The second kappa shape index (κ2) is 4.28. The molecule has 0 aliphatic carbocycles. The zero-order valence-electron chi connectivity index (χ0n) is 9.29. The quantitative estimate of drug-likeness (QED) is 0.841. The van der Waals surface area contributed by atoms with E-state index in [1.807, 2.05) is 38.1 Å². The van der Waals surface area contributed by atoms with Crippen LogP contribution in [0.15, 0.2) is 24.3 Å². The number of aromatic amines is 1. The summed E-state index contributed by atoms with van der Waals surface area (Å²) in [5, 5.41) is 0.710. The summed E-state index contributed by atoms with van der Waals surface area (Å²) in [5.74, 6) is 0.799. The summed E-state index contributed by atoms with van der Waals surface area (Å²) < 4.78 is 0. The van der Waals surface area contributed by atoms with Crippen molar-refractivity contribution in [3.63, 3.8) is 0 Å². The Kier molecular flexibility index (Phi) is 2.99. The minimum absolute atomic E-state index is 0.0911. The zero-order chi connectivity index (χ0) is 11.7. The van der Waals surface area contributed by atoms with Gasteiger partial charge in [0.25, 0.3) is 0 Å². The normalized spacial score (nSPS) is 12.8. The summed E-state index contributed by atoms with van der Waals surface area (Å²) in [6, 6.07) is 7.55. The lowest BCUT2D eigenvalue weighted by Gasteiger charge is -1.99. The Balaban J connectivity index is 2.48. The van der Waals surface area contributed by atoms with Gasteiger partial charge < -0.3 is 10.7 Å². The molecule has 1 unspecified atom stereocenters. The van der Waals surface area contributed by atoms with E-state index < -0.39 is 0 Å². The van der Waals surface area contributed by atoms with Crippen LogP contribution in [0.25, 0.3) is 11.3 Å². The standard InChI is InChI=1S/C12H14ClN3/c1-7(14)12-15-8(2)11(16-12)9-4-3-5-10(13)6-9/h3-7H,14H2,1-2H3,(H,15,16). The fraction of sp³-hybridized carbons (Fsp3) is 0.250. The fourth-order valence-electron chi connectivity index (χ4n) is 1.62. The molecule has 2 aromatic rings. The van der Waals surface area contributed by atoms with E-state index >= 15 is 0 Å². The molecular formula is C12H14ClN3. The Morgan fingerprint density at radius 3 is 2.75 bits per heavy atom. The molecule has 4 heteroatoms. The molecule has 1 aromatic carbocycles. The molecule has 2 rings (SSSR count). The number of imidazole rings is 1. The Labute approximate surface area is 99.7 Å². The van der Waals surface area contributed by atoms with Gasteiger partial charge in [0.05, 0.1) is 11.7 Å². The Bertz CT molecular complexity index is 503. The number of nitrogens with zero attached hydrogens (tertiary/aromatic N) is 1. The highest BCUT2D eigenvalue weighted by atomic mass is 35.5. The van der Waals surface area contributed by atoms with Gasteiger partial charge in [-0.2, -0.15) is 0 Å². The molecule has 84 valence electrons. The van der Waals surface area contributed by atoms with Gasteiger partial charge in [0.2, 0.25) is 0 Å². The van der Waals surface area contributed by atoms with Crippen molar-refractivity contribution in [1.82, 2.24) is 9.97 Å². The van der Waals surface area contributed by atoms with Gasteiger partial charge in [-0.25, -0.2) is 4.98 Å². The van der Waals surface area contributed by atoms with Crippen molar-refractivity contribution in [2.75, 3.05) is 0 Å². The minimum Gasteiger partial charge on any atom is -0.344 e. The van der Waals surface area contributed by atoms with Crippen LogP contribution in [0.2, 0.25) is 5.02 Å². The van der Waals surface area contributed by atoms with Crippen LogP contribution in [0.5, 0.6) is 0 Å². The number of aryl methyl sites for hydroxylation is 1. The molecule has 0 fully saturated rings. The van der Waals surface area contributed by atoms with E-state index in [-0.39, 0.29) is 6.04 Å². The third-order valence-corrected chi connectivity index (χ3v) is 2.67. The van der Waals surface area contributed by atoms with Crippen molar-refractivity contribution in [2.45, 2.75) is 19.9 Å². The van der Waals surface area contributed by atoms with Crippen molar-refractivity contribution in [2.24, 2.45) is 5.73 Å². The third kappa shape index (κ3) is 2.10.